The van der Waals surface area contributed by atoms with E-state index in [0.29, 0.717) is 29.9 Å². The van der Waals surface area contributed by atoms with Gasteiger partial charge in [0, 0.05) is 23.6 Å². The molecule has 0 saturated carbocycles. The molecule has 2 N–H and O–H groups in total. The Bertz CT molecular complexity index is 1260. The van der Waals surface area contributed by atoms with E-state index in [1.165, 1.54) is 37.3 Å². The minimum Gasteiger partial charge on any atom is -0.507 e. The van der Waals surface area contributed by atoms with Gasteiger partial charge in [-0.25, -0.2) is 8.42 Å². The number of carbonyl (C=O) groups is 3. The molecule has 3 rings (SSSR count). The minimum atomic E-state index is -3.61. The van der Waals surface area contributed by atoms with Crippen molar-refractivity contribution in [1.29, 1.82) is 0 Å². The lowest BCUT2D eigenvalue weighted by atomic mass is 10.0. The number of Topliss-reactive ketones (excluding diaryl/α,β-unsaturated/α-hetero) is 2. The maximum atomic E-state index is 12.8. The summed E-state index contributed by atoms with van der Waals surface area (Å²) in [6.45, 7) is 4.66. The number of hydrogen-bond acceptors (Lipinski definition) is 9. The summed E-state index contributed by atoms with van der Waals surface area (Å²) < 4.78 is 36.5. The van der Waals surface area contributed by atoms with Gasteiger partial charge in [-0.3, -0.25) is 14.4 Å². The average Bonchev–Trinajstić information content (AvgIpc) is 3.44. The Morgan fingerprint density at radius 1 is 1.08 bits per heavy atom. The predicted octanol–water partition coefficient (Wildman–Crippen LogP) is 4.05. The van der Waals surface area contributed by atoms with E-state index in [9.17, 15) is 27.9 Å². The zero-order valence-electron chi connectivity index (χ0n) is 22.5. The Balaban J connectivity index is 1.48. The third-order valence-corrected chi connectivity index (χ3v) is 8.45. The van der Waals surface area contributed by atoms with Crippen molar-refractivity contribution >= 4 is 27.4 Å². The molecule has 1 heterocycles. The van der Waals surface area contributed by atoms with E-state index >= 15 is 0 Å². The highest BCUT2D eigenvalue weighted by Gasteiger charge is 2.19. The second-order valence-corrected chi connectivity index (χ2v) is 11.8. The third-order valence-electron chi connectivity index (χ3n) is 6.63. The van der Waals surface area contributed by atoms with Crippen molar-refractivity contribution in [3.8, 4) is 11.5 Å². The van der Waals surface area contributed by atoms with Gasteiger partial charge in [0.05, 0.1) is 29.2 Å². The lowest BCUT2D eigenvalue weighted by Crippen LogP contribution is -2.28. The van der Waals surface area contributed by atoms with Gasteiger partial charge in [0.1, 0.15) is 18.1 Å². The molecule has 0 spiro atoms. The largest absolute Gasteiger partial charge is 0.507 e. The number of hydrogen-bond donors (Lipinski definition) is 2. The molecule has 1 unspecified atom stereocenters. The van der Waals surface area contributed by atoms with Crippen molar-refractivity contribution in [1.82, 2.24) is 5.32 Å². The summed E-state index contributed by atoms with van der Waals surface area (Å²) in [6.07, 6.45) is 3.45. The van der Waals surface area contributed by atoms with Gasteiger partial charge in [-0.2, -0.15) is 0 Å². The Morgan fingerprint density at radius 2 is 1.82 bits per heavy atom. The second-order valence-electron chi connectivity index (χ2n) is 9.69. The third kappa shape index (κ3) is 8.63. The number of carbonyl (C=O) groups excluding carboxylic acids is 3. The highest BCUT2D eigenvalue weighted by molar-refractivity contribution is 7.91. The Hall–Kier alpha value is -3.24. The Morgan fingerprint density at radius 3 is 2.46 bits per heavy atom. The SMILES string of the molecule is CCCc1c(OCCCS(=O)(=O)c2ccc(C(=O)CCC(=O)OCC3CCCN3)cc2)ccc(C(C)=O)c1O. The van der Waals surface area contributed by atoms with E-state index in [-0.39, 0.29) is 65.4 Å². The first-order valence-corrected chi connectivity index (χ1v) is 15.0. The molecule has 0 radical (unpaired) electrons. The topological polar surface area (TPSA) is 136 Å². The Kier molecular flexibility index (Phi) is 11.1. The van der Waals surface area contributed by atoms with Gasteiger partial charge in [-0.1, -0.05) is 25.5 Å². The van der Waals surface area contributed by atoms with Gasteiger partial charge in [0.25, 0.3) is 0 Å². The first kappa shape index (κ1) is 30.3. The number of benzene rings is 2. The average molecular weight is 560 g/mol. The number of rotatable bonds is 15. The van der Waals surface area contributed by atoms with Gasteiger partial charge in [-0.15, -0.1) is 0 Å². The molecule has 1 aliphatic rings. The molecule has 10 heteroatoms. The van der Waals surface area contributed by atoms with Crippen LogP contribution in [0.25, 0.3) is 0 Å². The van der Waals surface area contributed by atoms with Crippen molar-refractivity contribution in [2.75, 3.05) is 25.5 Å². The summed E-state index contributed by atoms with van der Waals surface area (Å²) in [5.74, 6) is -0.760. The number of nitrogens with one attached hydrogen (secondary N) is 1. The lowest BCUT2D eigenvalue weighted by Gasteiger charge is -2.14. The molecular formula is C29H37NO8S. The fourth-order valence-corrected chi connectivity index (χ4v) is 5.73. The zero-order chi connectivity index (χ0) is 28.4. The smallest absolute Gasteiger partial charge is 0.306 e. The first-order valence-electron chi connectivity index (χ1n) is 13.4. The van der Waals surface area contributed by atoms with Crippen LogP contribution >= 0.6 is 0 Å². The molecule has 0 bridgehead atoms. The van der Waals surface area contributed by atoms with E-state index < -0.39 is 15.8 Å². The molecule has 39 heavy (non-hydrogen) atoms. The number of phenols is 1. The van der Waals surface area contributed by atoms with Crippen LogP contribution in [0.5, 0.6) is 11.5 Å². The first-order chi connectivity index (χ1) is 18.6. The summed E-state index contributed by atoms with van der Waals surface area (Å²) in [5, 5.41) is 13.7. The van der Waals surface area contributed by atoms with Crippen LogP contribution < -0.4 is 10.1 Å². The van der Waals surface area contributed by atoms with E-state index in [4.69, 9.17) is 9.47 Å². The molecule has 1 atom stereocenters. The summed E-state index contributed by atoms with van der Waals surface area (Å²) in [7, 11) is -3.61. The van der Waals surface area contributed by atoms with Gasteiger partial charge >= 0.3 is 5.97 Å². The van der Waals surface area contributed by atoms with Crippen LogP contribution in [0, 0.1) is 0 Å². The lowest BCUT2D eigenvalue weighted by molar-refractivity contribution is -0.144. The number of esters is 1. The van der Waals surface area contributed by atoms with Crippen LogP contribution in [-0.4, -0.2) is 62.6 Å². The minimum absolute atomic E-state index is 0.0106. The molecule has 2 aromatic rings. The monoisotopic (exact) mass is 559 g/mol. The number of ketones is 2. The molecule has 0 amide bonds. The van der Waals surface area contributed by atoms with Crippen LogP contribution in [0.15, 0.2) is 41.3 Å². The molecule has 9 nitrogen and oxygen atoms in total. The van der Waals surface area contributed by atoms with Crippen LogP contribution in [-0.2, 0) is 25.8 Å². The summed E-state index contributed by atoms with van der Waals surface area (Å²) in [6, 6.07) is 9.00. The molecule has 1 saturated heterocycles. The highest BCUT2D eigenvalue weighted by Crippen LogP contribution is 2.33. The molecule has 212 valence electrons. The Labute approximate surface area is 229 Å². The fraction of sp³-hybridized carbons (Fsp3) is 0.483. The molecule has 0 aromatic heterocycles. The van der Waals surface area contributed by atoms with Crippen molar-refractivity contribution in [2.24, 2.45) is 0 Å². The second kappa shape index (κ2) is 14.2. The highest BCUT2D eigenvalue weighted by atomic mass is 32.2. The van der Waals surface area contributed by atoms with Crippen molar-refractivity contribution < 1.29 is 37.4 Å². The van der Waals surface area contributed by atoms with Crippen LogP contribution in [0.2, 0.25) is 0 Å². The molecule has 1 fully saturated rings. The fourth-order valence-electron chi connectivity index (χ4n) is 4.45. The van der Waals surface area contributed by atoms with Gasteiger partial charge in [0.2, 0.25) is 0 Å². The zero-order valence-corrected chi connectivity index (χ0v) is 23.3. The summed E-state index contributed by atoms with van der Waals surface area (Å²) in [4.78, 5) is 36.2. The number of sulfone groups is 1. The summed E-state index contributed by atoms with van der Waals surface area (Å²) in [5.41, 5.74) is 1.10. The maximum Gasteiger partial charge on any atom is 0.306 e. The standard InChI is InChI=1S/C29H37NO8S/c1-3-6-25-27(14-12-24(20(2)31)29(25)34)37-17-5-18-39(35,36)23-10-8-21(9-11-23)26(32)13-15-28(33)38-19-22-7-4-16-30-22/h8-12,14,22,30,34H,3-7,13,15-19H2,1-2H3. The van der Waals surface area contributed by atoms with Gasteiger partial charge in [-0.05, 0) is 63.4 Å². The molecule has 0 aliphatic carbocycles. The molecular weight excluding hydrogens is 522 g/mol. The number of aromatic hydroxyl groups is 1. The van der Waals surface area contributed by atoms with Crippen LogP contribution in [0.4, 0.5) is 0 Å². The normalized spacial score (nSPS) is 15.2. The summed E-state index contributed by atoms with van der Waals surface area (Å²) >= 11 is 0. The van der Waals surface area contributed by atoms with Crippen molar-refractivity contribution in [3.05, 3.63) is 53.1 Å². The van der Waals surface area contributed by atoms with Gasteiger partial charge in [0.15, 0.2) is 21.4 Å². The van der Waals surface area contributed by atoms with Crippen molar-refractivity contribution in [3.63, 3.8) is 0 Å². The quantitative estimate of drug-likeness (QED) is 0.188. The van der Waals surface area contributed by atoms with E-state index in [1.54, 1.807) is 6.07 Å². The number of phenolic OH excluding ortho intramolecular Hbond substituents is 1. The number of ether oxygens (including phenoxy) is 2. The van der Waals surface area contributed by atoms with Crippen LogP contribution in [0.3, 0.4) is 0 Å². The van der Waals surface area contributed by atoms with Crippen LogP contribution in [0.1, 0.15) is 78.7 Å². The molecule has 1 aliphatic heterocycles. The van der Waals surface area contributed by atoms with E-state index in [2.05, 4.69) is 5.32 Å². The predicted molar refractivity (Wildman–Crippen MR) is 146 cm³/mol. The van der Waals surface area contributed by atoms with Gasteiger partial charge < -0.3 is 19.9 Å². The molecule has 2 aromatic carbocycles. The maximum absolute atomic E-state index is 12.8. The van der Waals surface area contributed by atoms with E-state index in [0.717, 1.165) is 25.8 Å². The van der Waals surface area contributed by atoms with Crippen molar-refractivity contribution in [2.45, 2.75) is 69.7 Å². The van der Waals surface area contributed by atoms with E-state index in [1.807, 2.05) is 6.92 Å².